The molecule has 3 aromatic rings. The van der Waals surface area contributed by atoms with Crippen LogP contribution in [0.4, 0.5) is 5.13 Å². The number of para-hydroxylation sites is 1. The van der Waals surface area contributed by atoms with Gasteiger partial charge in [-0.1, -0.05) is 35.1 Å². The molecular weight excluding hydrogens is 356 g/mol. The zero-order valence-electron chi connectivity index (χ0n) is 13.5. The number of benzene rings is 2. The Balaban J connectivity index is 1.69. The Morgan fingerprint density at radius 3 is 2.76 bits per heavy atom. The van der Waals surface area contributed by atoms with Crippen molar-refractivity contribution in [2.45, 2.75) is 18.9 Å². The standard InChI is InChI=1S/C19H17ClN2O2S/c20-14-9-7-13(8-10-14)18(23)22(12-15-4-3-11-24-15)19-21-16-5-1-2-6-17(16)25-19/h1-2,5-10,15H,3-4,11-12H2/t15-/m1/s1. The highest BCUT2D eigenvalue weighted by molar-refractivity contribution is 7.22. The van der Waals surface area contributed by atoms with Gasteiger partial charge in [0, 0.05) is 17.2 Å². The molecule has 0 saturated carbocycles. The Morgan fingerprint density at radius 1 is 1.24 bits per heavy atom. The molecule has 0 bridgehead atoms. The van der Waals surface area contributed by atoms with Crippen molar-refractivity contribution in [2.24, 2.45) is 0 Å². The fraction of sp³-hybridized carbons (Fsp3) is 0.263. The number of hydrogen-bond donors (Lipinski definition) is 0. The number of carbonyl (C=O) groups excluding carboxylic acids is 1. The second-order valence-electron chi connectivity index (χ2n) is 6.02. The zero-order chi connectivity index (χ0) is 17.2. The molecule has 0 spiro atoms. The number of halogens is 1. The van der Waals surface area contributed by atoms with Gasteiger partial charge in [0.2, 0.25) is 0 Å². The van der Waals surface area contributed by atoms with Gasteiger partial charge < -0.3 is 4.74 Å². The third-order valence-electron chi connectivity index (χ3n) is 4.26. The summed E-state index contributed by atoms with van der Waals surface area (Å²) in [6.45, 7) is 1.27. The van der Waals surface area contributed by atoms with Crippen LogP contribution in [-0.2, 0) is 4.74 Å². The number of aromatic nitrogens is 1. The Hall–Kier alpha value is -1.95. The summed E-state index contributed by atoms with van der Waals surface area (Å²) in [5, 5.41) is 1.32. The molecule has 1 atom stereocenters. The molecule has 1 aliphatic rings. The number of fused-ring (bicyclic) bond motifs is 1. The molecule has 0 unspecified atom stereocenters. The van der Waals surface area contributed by atoms with E-state index in [1.807, 2.05) is 24.3 Å². The van der Waals surface area contributed by atoms with Gasteiger partial charge in [-0.25, -0.2) is 4.98 Å². The molecule has 1 aliphatic heterocycles. The van der Waals surface area contributed by atoms with Crippen LogP contribution in [-0.4, -0.2) is 30.1 Å². The molecule has 4 rings (SSSR count). The summed E-state index contributed by atoms with van der Waals surface area (Å²) in [6.07, 6.45) is 2.06. The Morgan fingerprint density at radius 2 is 2.04 bits per heavy atom. The summed E-state index contributed by atoms with van der Waals surface area (Å²) in [6, 6.07) is 14.9. The lowest BCUT2D eigenvalue weighted by Crippen LogP contribution is -2.37. The van der Waals surface area contributed by atoms with E-state index in [1.165, 1.54) is 11.3 Å². The van der Waals surface area contributed by atoms with E-state index in [1.54, 1.807) is 29.2 Å². The van der Waals surface area contributed by atoms with Gasteiger partial charge in [0.05, 0.1) is 22.9 Å². The van der Waals surface area contributed by atoms with Crippen LogP contribution in [0, 0.1) is 0 Å². The van der Waals surface area contributed by atoms with Crippen LogP contribution in [0.1, 0.15) is 23.2 Å². The predicted octanol–water partition coefficient (Wildman–Crippen LogP) is 4.78. The van der Waals surface area contributed by atoms with Gasteiger partial charge in [0.1, 0.15) is 0 Å². The van der Waals surface area contributed by atoms with Gasteiger partial charge in [0.25, 0.3) is 5.91 Å². The summed E-state index contributed by atoms with van der Waals surface area (Å²) >= 11 is 7.48. The van der Waals surface area contributed by atoms with Crippen LogP contribution in [0.25, 0.3) is 10.2 Å². The Labute approximate surface area is 155 Å². The maximum absolute atomic E-state index is 13.1. The molecule has 6 heteroatoms. The average molecular weight is 373 g/mol. The number of nitrogens with zero attached hydrogens (tertiary/aromatic N) is 2. The number of anilines is 1. The van der Waals surface area contributed by atoms with Crippen molar-refractivity contribution in [1.29, 1.82) is 0 Å². The average Bonchev–Trinajstić information content (AvgIpc) is 3.29. The van der Waals surface area contributed by atoms with Crippen molar-refractivity contribution < 1.29 is 9.53 Å². The maximum Gasteiger partial charge on any atom is 0.260 e. The Kier molecular flexibility index (Phi) is 4.70. The fourth-order valence-corrected chi connectivity index (χ4v) is 4.06. The number of carbonyl (C=O) groups is 1. The van der Waals surface area contributed by atoms with E-state index in [-0.39, 0.29) is 12.0 Å². The number of thiazole rings is 1. The molecule has 0 aliphatic carbocycles. The molecule has 0 radical (unpaired) electrons. The minimum Gasteiger partial charge on any atom is -0.376 e. The lowest BCUT2D eigenvalue weighted by molar-refractivity contribution is 0.0917. The minimum atomic E-state index is -0.0776. The summed E-state index contributed by atoms with van der Waals surface area (Å²) in [4.78, 5) is 19.5. The van der Waals surface area contributed by atoms with Crippen molar-refractivity contribution in [2.75, 3.05) is 18.1 Å². The van der Waals surface area contributed by atoms with Crippen molar-refractivity contribution >= 4 is 44.2 Å². The molecular formula is C19H17ClN2O2S. The normalized spacial score (nSPS) is 17.1. The lowest BCUT2D eigenvalue weighted by atomic mass is 10.2. The topological polar surface area (TPSA) is 42.4 Å². The van der Waals surface area contributed by atoms with E-state index in [4.69, 9.17) is 16.3 Å². The van der Waals surface area contributed by atoms with E-state index in [9.17, 15) is 4.79 Å². The number of ether oxygens (including phenoxy) is 1. The van der Waals surface area contributed by atoms with Crippen LogP contribution < -0.4 is 4.90 Å². The SMILES string of the molecule is O=C(c1ccc(Cl)cc1)N(C[C@H]1CCCO1)c1nc2ccccc2s1. The van der Waals surface area contributed by atoms with Crippen molar-refractivity contribution in [1.82, 2.24) is 4.98 Å². The molecule has 128 valence electrons. The molecule has 4 nitrogen and oxygen atoms in total. The maximum atomic E-state index is 13.1. The largest absolute Gasteiger partial charge is 0.376 e. The first kappa shape index (κ1) is 16.5. The van der Waals surface area contributed by atoms with Crippen LogP contribution in [0.15, 0.2) is 48.5 Å². The molecule has 1 aromatic heterocycles. The molecule has 1 fully saturated rings. The van der Waals surface area contributed by atoms with Crippen molar-refractivity contribution in [3.63, 3.8) is 0 Å². The highest BCUT2D eigenvalue weighted by atomic mass is 35.5. The summed E-state index contributed by atoms with van der Waals surface area (Å²) in [5.41, 5.74) is 1.50. The van der Waals surface area contributed by atoms with Crippen LogP contribution in [0.5, 0.6) is 0 Å². The smallest absolute Gasteiger partial charge is 0.260 e. The van der Waals surface area contributed by atoms with E-state index in [0.717, 1.165) is 29.7 Å². The fourth-order valence-electron chi connectivity index (χ4n) is 2.96. The van der Waals surface area contributed by atoms with Crippen molar-refractivity contribution in [3.8, 4) is 0 Å². The summed E-state index contributed by atoms with van der Waals surface area (Å²) in [5.74, 6) is -0.0776. The van der Waals surface area contributed by atoms with E-state index < -0.39 is 0 Å². The molecule has 2 aromatic carbocycles. The monoisotopic (exact) mass is 372 g/mol. The second kappa shape index (κ2) is 7.12. The Bertz CT molecular complexity index is 855. The van der Waals surface area contributed by atoms with Gasteiger partial charge in [-0.15, -0.1) is 0 Å². The van der Waals surface area contributed by atoms with Gasteiger partial charge >= 0.3 is 0 Å². The first-order valence-corrected chi connectivity index (χ1v) is 9.45. The third kappa shape index (κ3) is 3.54. The van der Waals surface area contributed by atoms with Crippen LogP contribution in [0.2, 0.25) is 5.02 Å². The van der Waals surface area contributed by atoms with Crippen LogP contribution >= 0.6 is 22.9 Å². The molecule has 1 saturated heterocycles. The highest BCUT2D eigenvalue weighted by Crippen LogP contribution is 2.30. The van der Waals surface area contributed by atoms with Gasteiger partial charge in [0.15, 0.2) is 5.13 Å². The molecule has 0 N–H and O–H groups in total. The summed E-state index contributed by atoms with van der Waals surface area (Å²) in [7, 11) is 0. The molecule has 2 heterocycles. The molecule has 25 heavy (non-hydrogen) atoms. The first-order valence-electron chi connectivity index (χ1n) is 8.25. The second-order valence-corrected chi connectivity index (χ2v) is 7.47. The van der Waals surface area contributed by atoms with Gasteiger partial charge in [-0.3, -0.25) is 9.69 Å². The number of rotatable bonds is 4. The molecule has 1 amide bonds. The van der Waals surface area contributed by atoms with Crippen LogP contribution in [0.3, 0.4) is 0 Å². The van der Waals surface area contributed by atoms with Gasteiger partial charge in [-0.2, -0.15) is 0 Å². The minimum absolute atomic E-state index is 0.0586. The van der Waals surface area contributed by atoms with E-state index >= 15 is 0 Å². The number of hydrogen-bond acceptors (Lipinski definition) is 4. The van der Waals surface area contributed by atoms with Gasteiger partial charge in [-0.05, 0) is 49.2 Å². The zero-order valence-corrected chi connectivity index (χ0v) is 15.1. The first-order chi connectivity index (χ1) is 12.2. The quantitative estimate of drug-likeness (QED) is 0.662. The lowest BCUT2D eigenvalue weighted by Gasteiger charge is -2.23. The predicted molar refractivity (Wildman–Crippen MR) is 102 cm³/mol. The van der Waals surface area contributed by atoms with E-state index in [0.29, 0.717) is 22.3 Å². The summed E-state index contributed by atoms with van der Waals surface area (Å²) < 4.78 is 6.81. The van der Waals surface area contributed by atoms with Crippen molar-refractivity contribution in [3.05, 3.63) is 59.1 Å². The number of amides is 1. The third-order valence-corrected chi connectivity index (χ3v) is 5.57. The highest BCUT2D eigenvalue weighted by Gasteiger charge is 2.27. The van der Waals surface area contributed by atoms with E-state index in [2.05, 4.69) is 4.98 Å².